The van der Waals surface area contributed by atoms with E-state index in [9.17, 15) is 14.9 Å². The molecule has 0 spiro atoms. The van der Waals surface area contributed by atoms with E-state index in [4.69, 9.17) is 0 Å². The van der Waals surface area contributed by atoms with Crippen LogP contribution in [0.25, 0.3) is 0 Å². The maximum absolute atomic E-state index is 12.0. The summed E-state index contributed by atoms with van der Waals surface area (Å²) in [6, 6.07) is 5.67. The Labute approximate surface area is 114 Å². The van der Waals surface area contributed by atoms with Gasteiger partial charge in [0.05, 0.1) is 4.92 Å². The molecule has 2 N–H and O–H groups in total. The molecule has 102 valence electrons. The number of nitro groups is 1. The summed E-state index contributed by atoms with van der Waals surface area (Å²) in [6.07, 6.45) is 2.99. The fourth-order valence-corrected chi connectivity index (χ4v) is 1.57. The first-order valence-corrected chi connectivity index (χ1v) is 5.66. The molecule has 0 atom stereocenters. The first-order valence-electron chi connectivity index (χ1n) is 5.66. The lowest BCUT2D eigenvalue weighted by Crippen LogP contribution is -2.14. The molecule has 0 radical (unpaired) electrons. The summed E-state index contributed by atoms with van der Waals surface area (Å²) in [5.41, 5.74) is 0.434. The molecule has 20 heavy (non-hydrogen) atoms. The lowest BCUT2D eigenvalue weighted by molar-refractivity contribution is -0.383. The SMILES string of the molecule is CNc1cc(C(=O)Nc2ncccn2)ccc1[N+](=O)[O-]. The number of carbonyl (C=O) groups is 1. The molecular weight excluding hydrogens is 262 g/mol. The molecule has 1 amide bonds. The maximum atomic E-state index is 12.0. The van der Waals surface area contributed by atoms with Gasteiger partial charge in [-0.25, -0.2) is 9.97 Å². The molecule has 1 aromatic carbocycles. The van der Waals surface area contributed by atoms with Gasteiger partial charge in [0.1, 0.15) is 5.69 Å². The van der Waals surface area contributed by atoms with Gasteiger partial charge in [0, 0.05) is 31.1 Å². The van der Waals surface area contributed by atoms with Gasteiger partial charge < -0.3 is 5.32 Å². The number of nitrogens with zero attached hydrogens (tertiary/aromatic N) is 3. The van der Waals surface area contributed by atoms with E-state index in [1.54, 1.807) is 13.1 Å². The number of hydrogen-bond donors (Lipinski definition) is 2. The molecule has 0 fully saturated rings. The van der Waals surface area contributed by atoms with Gasteiger partial charge in [0.25, 0.3) is 11.6 Å². The van der Waals surface area contributed by atoms with E-state index >= 15 is 0 Å². The first-order chi connectivity index (χ1) is 9.61. The van der Waals surface area contributed by atoms with E-state index < -0.39 is 10.8 Å². The van der Waals surface area contributed by atoms with Crippen molar-refractivity contribution in [2.75, 3.05) is 17.7 Å². The van der Waals surface area contributed by atoms with Crippen molar-refractivity contribution in [3.63, 3.8) is 0 Å². The van der Waals surface area contributed by atoms with Crippen LogP contribution < -0.4 is 10.6 Å². The number of amides is 1. The standard InChI is InChI=1S/C12H11N5O3/c1-13-9-7-8(3-4-10(9)17(19)20)11(18)16-12-14-5-2-6-15-12/h2-7,13H,1H3,(H,14,15,16,18). The van der Waals surface area contributed by atoms with Crippen molar-refractivity contribution < 1.29 is 9.72 Å². The third kappa shape index (κ3) is 2.86. The molecular formula is C12H11N5O3. The number of rotatable bonds is 4. The molecule has 0 bridgehead atoms. The van der Waals surface area contributed by atoms with Crippen molar-refractivity contribution in [3.8, 4) is 0 Å². The predicted octanol–water partition coefficient (Wildman–Crippen LogP) is 1.68. The average Bonchev–Trinajstić information content (AvgIpc) is 2.47. The van der Waals surface area contributed by atoms with Crippen molar-refractivity contribution in [1.82, 2.24) is 9.97 Å². The Hall–Kier alpha value is -3.03. The van der Waals surface area contributed by atoms with Gasteiger partial charge in [-0.05, 0) is 18.2 Å². The number of hydrogen-bond acceptors (Lipinski definition) is 6. The Morgan fingerprint density at radius 3 is 2.60 bits per heavy atom. The van der Waals surface area contributed by atoms with Crippen LogP contribution in [0.3, 0.4) is 0 Å². The van der Waals surface area contributed by atoms with E-state index in [1.165, 1.54) is 30.6 Å². The molecule has 1 heterocycles. The minimum atomic E-state index is -0.520. The Kier molecular flexibility index (Phi) is 3.85. The second-order valence-electron chi connectivity index (χ2n) is 3.77. The Balaban J connectivity index is 2.25. The molecule has 0 saturated carbocycles. The molecule has 1 aromatic heterocycles. The number of anilines is 2. The minimum Gasteiger partial charge on any atom is -0.383 e. The Bertz CT molecular complexity index is 645. The van der Waals surface area contributed by atoms with Crippen LogP contribution in [-0.2, 0) is 0 Å². The molecule has 0 unspecified atom stereocenters. The number of aromatic nitrogens is 2. The van der Waals surface area contributed by atoms with E-state index in [-0.39, 0.29) is 22.9 Å². The highest BCUT2D eigenvalue weighted by Crippen LogP contribution is 2.25. The van der Waals surface area contributed by atoms with Crippen LogP contribution in [0.15, 0.2) is 36.7 Å². The van der Waals surface area contributed by atoms with Crippen molar-refractivity contribution in [3.05, 3.63) is 52.3 Å². The summed E-state index contributed by atoms with van der Waals surface area (Å²) in [7, 11) is 1.55. The van der Waals surface area contributed by atoms with Crippen LogP contribution in [0.2, 0.25) is 0 Å². The van der Waals surface area contributed by atoms with Gasteiger partial charge in [-0.1, -0.05) is 0 Å². The van der Waals surface area contributed by atoms with Gasteiger partial charge in [0.2, 0.25) is 5.95 Å². The van der Waals surface area contributed by atoms with Crippen LogP contribution in [0.1, 0.15) is 10.4 Å². The lowest BCUT2D eigenvalue weighted by atomic mass is 10.1. The number of nitro benzene ring substituents is 1. The van der Waals surface area contributed by atoms with Gasteiger partial charge >= 0.3 is 0 Å². The zero-order chi connectivity index (χ0) is 14.5. The second-order valence-corrected chi connectivity index (χ2v) is 3.77. The summed E-state index contributed by atoms with van der Waals surface area (Å²) in [5, 5.41) is 16.0. The fraction of sp³-hybridized carbons (Fsp3) is 0.0833. The van der Waals surface area contributed by atoms with Crippen molar-refractivity contribution in [1.29, 1.82) is 0 Å². The summed E-state index contributed by atoms with van der Waals surface area (Å²) in [6.45, 7) is 0. The quantitative estimate of drug-likeness (QED) is 0.647. The normalized spacial score (nSPS) is 9.85. The molecule has 0 aliphatic rings. The van der Waals surface area contributed by atoms with Crippen molar-refractivity contribution in [2.45, 2.75) is 0 Å². The van der Waals surface area contributed by atoms with Crippen LogP contribution in [0.5, 0.6) is 0 Å². The van der Waals surface area contributed by atoms with E-state index in [0.29, 0.717) is 0 Å². The predicted molar refractivity (Wildman–Crippen MR) is 72.6 cm³/mol. The second kappa shape index (κ2) is 5.74. The van der Waals surface area contributed by atoms with Gasteiger partial charge in [-0.15, -0.1) is 0 Å². The summed E-state index contributed by atoms with van der Waals surface area (Å²) in [5.74, 6) is -0.274. The van der Waals surface area contributed by atoms with Gasteiger partial charge in [0.15, 0.2) is 0 Å². The summed E-state index contributed by atoms with van der Waals surface area (Å²) >= 11 is 0. The van der Waals surface area contributed by atoms with Gasteiger partial charge in [-0.3, -0.25) is 20.2 Å². The van der Waals surface area contributed by atoms with Crippen LogP contribution in [0.4, 0.5) is 17.3 Å². The monoisotopic (exact) mass is 273 g/mol. The zero-order valence-corrected chi connectivity index (χ0v) is 10.5. The van der Waals surface area contributed by atoms with E-state index in [0.717, 1.165) is 0 Å². The minimum absolute atomic E-state index is 0.0972. The van der Waals surface area contributed by atoms with E-state index in [1.807, 2.05) is 0 Å². The van der Waals surface area contributed by atoms with Crippen LogP contribution in [0, 0.1) is 10.1 Å². The zero-order valence-electron chi connectivity index (χ0n) is 10.5. The summed E-state index contributed by atoms with van der Waals surface area (Å²) in [4.78, 5) is 30.0. The van der Waals surface area contributed by atoms with Crippen molar-refractivity contribution in [2.24, 2.45) is 0 Å². The van der Waals surface area contributed by atoms with E-state index in [2.05, 4.69) is 20.6 Å². The molecule has 0 saturated heterocycles. The topological polar surface area (TPSA) is 110 Å². The highest BCUT2D eigenvalue weighted by Gasteiger charge is 2.16. The molecule has 0 aliphatic carbocycles. The smallest absolute Gasteiger partial charge is 0.292 e. The van der Waals surface area contributed by atoms with Crippen LogP contribution >= 0.6 is 0 Å². The highest BCUT2D eigenvalue weighted by atomic mass is 16.6. The van der Waals surface area contributed by atoms with Crippen LogP contribution in [-0.4, -0.2) is 27.8 Å². The van der Waals surface area contributed by atoms with Crippen molar-refractivity contribution >= 4 is 23.2 Å². The van der Waals surface area contributed by atoms with Gasteiger partial charge in [-0.2, -0.15) is 0 Å². The first kappa shape index (κ1) is 13.4. The lowest BCUT2D eigenvalue weighted by Gasteiger charge is -2.06. The molecule has 8 heteroatoms. The molecule has 2 aromatic rings. The number of nitrogens with one attached hydrogen (secondary N) is 2. The summed E-state index contributed by atoms with van der Waals surface area (Å²) < 4.78 is 0. The average molecular weight is 273 g/mol. The third-order valence-electron chi connectivity index (χ3n) is 2.52. The molecule has 2 rings (SSSR count). The number of carbonyl (C=O) groups excluding carboxylic acids is 1. The number of benzene rings is 1. The highest BCUT2D eigenvalue weighted by molar-refractivity contribution is 6.04. The third-order valence-corrected chi connectivity index (χ3v) is 2.52. The Morgan fingerprint density at radius 1 is 1.30 bits per heavy atom. The maximum Gasteiger partial charge on any atom is 0.292 e. The fourth-order valence-electron chi connectivity index (χ4n) is 1.57. The Morgan fingerprint density at radius 2 is 2.00 bits per heavy atom. The largest absolute Gasteiger partial charge is 0.383 e. The molecule has 8 nitrogen and oxygen atoms in total. The molecule has 0 aliphatic heterocycles.